The summed E-state index contributed by atoms with van der Waals surface area (Å²) < 4.78 is 5.15. The number of methoxy groups -OCH3 is 1. The van der Waals surface area contributed by atoms with Crippen molar-refractivity contribution in [2.75, 3.05) is 7.11 Å². The predicted molar refractivity (Wildman–Crippen MR) is 75.1 cm³/mol. The van der Waals surface area contributed by atoms with Crippen molar-refractivity contribution in [2.45, 2.75) is 44.2 Å². The second-order valence-electron chi connectivity index (χ2n) is 5.21. The van der Waals surface area contributed by atoms with Crippen LogP contribution >= 0.6 is 0 Å². The maximum Gasteiger partial charge on any atom is 0.224 e. The summed E-state index contributed by atoms with van der Waals surface area (Å²) >= 11 is 0. The minimum atomic E-state index is 0.0775. The van der Waals surface area contributed by atoms with Gasteiger partial charge in [-0.25, -0.2) is 0 Å². The molecule has 104 valence electrons. The van der Waals surface area contributed by atoms with Gasteiger partial charge >= 0.3 is 0 Å². The summed E-state index contributed by atoms with van der Waals surface area (Å²) in [5.74, 6) is 0.864. The molecule has 1 amide bonds. The number of benzene rings is 1. The van der Waals surface area contributed by atoms with E-state index >= 15 is 0 Å². The summed E-state index contributed by atoms with van der Waals surface area (Å²) in [7, 11) is 1.63. The van der Waals surface area contributed by atoms with Crippen LogP contribution in [0.3, 0.4) is 0 Å². The van der Waals surface area contributed by atoms with Gasteiger partial charge in [-0.3, -0.25) is 4.79 Å². The zero-order chi connectivity index (χ0) is 13.7. The lowest BCUT2D eigenvalue weighted by Crippen LogP contribution is -2.41. The van der Waals surface area contributed by atoms with Gasteiger partial charge in [-0.15, -0.1) is 0 Å². The highest BCUT2D eigenvalue weighted by atomic mass is 16.5. The minimum absolute atomic E-state index is 0.0775. The number of rotatable bonds is 4. The molecule has 1 aliphatic rings. The van der Waals surface area contributed by atoms with Crippen LogP contribution in [-0.4, -0.2) is 25.1 Å². The Kier molecular flexibility index (Phi) is 4.80. The molecule has 1 fully saturated rings. The molecule has 2 rings (SSSR count). The third-order valence-electron chi connectivity index (χ3n) is 3.64. The first kappa shape index (κ1) is 13.9. The molecule has 1 aromatic rings. The van der Waals surface area contributed by atoms with Gasteiger partial charge in [0.25, 0.3) is 0 Å². The molecule has 0 unspecified atom stereocenters. The summed E-state index contributed by atoms with van der Waals surface area (Å²) in [5, 5.41) is 3.09. The number of carbonyl (C=O) groups excluding carboxylic acids is 1. The molecule has 0 heterocycles. The first-order chi connectivity index (χ1) is 9.17. The Morgan fingerprint density at radius 2 is 2.11 bits per heavy atom. The largest absolute Gasteiger partial charge is 0.497 e. The van der Waals surface area contributed by atoms with Gasteiger partial charge in [0.1, 0.15) is 5.75 Å². The molecule has 0 atom stereocenters. The number of nitrogens with two attached hydrogens (primary N) is 1. The lowest BCUT2D eigenvalue weighted by molar-refractivity contribution is -0.121. The third kappa shape index (κ3) is 4.24. The fourth-order valence-electron chi connectivity index (χ4n) is 2.51. The van der Waals surface area contributed by atoms with Crippen molar-refractivity contribution in [1.29, 1.82) is 0 Å². The Balaban J connectivity index is 1.83. The van der Waals surface area contributed by atoms with E-state index in [-0.39, 0.29) is 11.9 Å². The van der Waals surface area contributed by atoms with Crippen LogP contribution in [-0.2, 0) is 11.2 Å². The number of amides is 1. The molecule has 4 heteroatoms. The van der Waals surface area contributed by atoms with Gasteiger partial charge in [0.05, 0.1) is 13.5 Å². The molecule has 1 aliphatic carbocycles. The van der Waals surface area contributed by atoms with Crippen LogP contribution in [0.2, 0.25) is 0 Å². The second kappa shape index (κ2) is 6.57. The highest BCUT2D eigenvalue weighted by Crippen LogP contribution is 2.17. The first-order valence-electron chi connectivity index (χ1n) is 6.85. The average Bonchev–Trinajstić information content (AvgIpc) is 2.41. The van der Waals surface area contributed by atoms with Crippen molar-refractivity contribution < 1.29 is 9.53 Å². The molecule has 3 N–H and O–H groups in total. The Labute approximate surface area is 114 Å². The molecule has 0 spiro atoms. The molecular weight excluding hydrogens is 240 g/mol. The standard InChI is InChI=1S/C15H22N2O2/c1-19-14-4-2-3-11(9-14)10-15(18)17-13-7-5-12(16)6-8-13/h2-4,9,12-13H,5-8,10,16H2,1H3,(H,17,18). The van der Waals surface area contributed by atoms with Crippen LogP contribution in [0, 0.1) is 0 Å². The van der Waals surface area contributed by atoms with Crippen molar-refractivity contribution in [3.8, 4) is 5.75 Å². The lowest BCUT2D eigenvalue weighted by Gasteiger charge is -2.26. The van der Waals surface area contributed by atoms with Gasteiger partial charge in [-0.05, 0) is 43.4 Å². The van der Waals surface area contributed by atoms with Crippen LogP contribution in [0.15, 0.2) is 24.3 Å². The fourth-order valence-corrected chi connectivity index (χ4v) is 2.51. The summed E-state index contributed by atoms with van der Waals surface area (Å²) in [5.41, 5.74) is 6.83. The maximum absolute atomic E-state index is 12.0. The SMILES string of the molecule is COc1cccc(CC(=O)NC2CCC(N)CC2)c1. The Bertz CT molecular complexity index is 426. The molecule has 1 aromatic carbocycles. The second-order valence-corrected chi connectivity index (χ2v) is 5.21. The average molecular weight is 262 g/mol. The highest BCUT2D eigenvalue weighted by molar-refractivity contribution is 5.79. The summed E-state index contributed by atoms with van der Waals surface area (Å²) in [6, 6.07) is 8.23. The van der Waals surface area contributed by atoms with Gasteiger partial charge in [-0.1, -0.05) is 12.1 Å². The van der Waals surface area contributed by atoms with Crippen molar-refractivity contribution in [3.05, 3.63) is 29.8 Å². The molecule has 0 saturated heterocycles. The van der Waals surface area contributed by atoms with Crippen LogP contribution in [0.1, 0.15) is 31.2 Å². The van der Waals surface area contributed by atoms with E-state index in [0.29, 0.717) is 12.5 Å². The van der Waals surface area contributed by atoms with Gasteiger partial charge in [0.15, 0.2) is 0 Å². The van der Waals surface area contributed by atoms with Gasteiger partial charge in [0, 0.05) is 12.1 Å². The maximum atomic E-state index is 12.0. The topological polar surface area (TPSA) is 64.3 Å². The number of carbonyl (C=O) groups is 1. The van der Waals surface area contributed by atoms with Gasteiger partial charge < -0.3 is 15.8 Å². The molecule has 0 radical (unpaired) electrons. The van der Waals surface area contributed by atoms with E-state index in [0.717, 1.165) is 37.0 Å². The van der Waals surface area contributed by atoms with Gasteiger partial charge in [0.2, 0.25) is 5.91 Å². The number of nitrogens with one attached hydrogen (secondary N) is 1. The quantitative estimate of drug-likeness (QED) is 0.866. The lowest BCUT2D eigenvalue weighted by atomic mass is 9.91. The van der Waals surface area contributed by atoms with E-state index < -0.39 is 0 Å². The molecule has 0 aromatic heterocycles. The van der Waals surface area contributed by atoms with Gasteiger partial charge in [-0.2, -0.15) is 0 Å². The number of ether oxygens (including phenoxy) is 1. The molecule has 19 heavy (non-hydrogen) atoms. The summed E-state index contributed by atoms with van der Waals surface area (Å²) in [6.45, 7) is 0. The Morgan fingerprint density at radius 3 is 2.79 bits per heavy atom. The summed E-state index contributed by atoms with van der Waals surface area (Å²) in [4.78, 5) is 12.0. The molecule has 0 aliphatic heterocycles. The van der Waals surface area contributed by atoms with E-state index in [1.165, 1.54) is 0 Å². The van der Waals surface area contributed by atoms with Crippen molar-refractivity contribution >= 4 is 5.91 Å². The Hall–Kier alpha value is -1.55. The first-order valence-corrected chi connectivity index (χ1v) is 6.85. The normalized spacial score (nSPS) is 22.8. The molecule has 4 nitrogen and oxygen atoms in total. The van der Waals surface area contributed by atoms with Crippen LogP contribution in [0.4, 0.5) is 0 Å². The van der Waals surface area contributed by atoms with Crippen LogP contribution in [0.25, 0.3) is 0 Å². The van der Waals surface area contributed by atoms with E-state index in [9.17, 15) is 4.79 Å². The minimum Gasteiger partial charge on any atom is -0.497 e. The van der Waals surface area contributed by atoms with Crippen molar-refractivity contribution in [2.24, 2.45) is 5.73 Å². The number of hydrogen-bond acceptors (Lipinski definition) is 3. The smallest absolute Gasteiger partial charge is 0.224 e. The van der Waals surface area contributed by atoms with Crippen LogP contribution < -0.4 is 15.8 Å². The van der Waals surface area contributed by atoms with Crippen molar-refractivity contribution in [3.63, 3.8) is 0 Å². The number of hydrogen-bond donors (Lipinski definition) is 2. The van der Waals surface area contributed by atoms with Crippen molar-refractivity contribution in [1.82, 2.24) is 5.32 Å². The van der Waals surface area contributed by atoms with Crippen LogP contribution in [0.5, 0.6) is 5.75 Å². The zero-order valence-corrected chi connectivity index (χ0v) is 11.4. The Morgan fingerprint density at radius 1 is 1.37 bits per heavy atom. The fraction of sp³-hybridized carbons (Fsp3) is 0.533. The molecular formula is C15H22N2O2. The van der Waals surface area contributed by atoms with E-state index in [1.54, 1.807) is 7.11 Å². The van der Waals surface area contributed by atoms with E-state index in [4.69, 9.17) is 10.5 Å². The zero-order valence-electron chi connectivity index (χ0n) is 11.4. The molecule has 0 bridgehead atoms. The van der Waals surface area contributed by atoms with E-state index in [2.05, 4.69) is 5.32 Å². The predicted octanol–water partition coefficient (Wildman–Crippen LogP) is 1.62. The van der Waals surface area contributed by atoms with E-state index in [1.807, 2.05) is 24.3 Å². The highest BCUT2D eigenvalue weighted by Gasteiger charge is 2.19. The summed E-state index contributed by atoms with van der Waals surface area (Å²) in [6.07, 6.45) is 4.39. The third-order valence-corrected chi connectivity index (χ3v) is 3.64. The molecule has 1 saturated carbocycles. The monoisotopic (exact) mass is 262 g/mol.